The molecule has 0 saturated carbocycles. The van der Waals surface area contributed by atoms with Crippen LogP contribution >= 0.6 is 0 Å². The van der Waals surface area contributed by atoms with E-state index in [4.69, 9.17) is 9.47 Å². The summed E-state index contributed by atoms with van der Waals surface area (Å²) >= 11 is 0. The minimum atomic E-state index is -1.70. The van der Waals surface area contributed by atoms with E-state index >= 15 is 0 Å². The first-order valence-corrected chi connectivity index (χ1v) is 14.7. The Balaban J connectivity index is 1.91. The van der Waals surface area contributed by atoms with Gasteiger partial charge in [0.2, 0.25) is 11.8 Å². The highest BCUT2D eigenvalue weighted by molar-refractivity contribution is 5.89. The summed E-state index contributed by atoms with van der Waals surface area (Å²) in [5, 5.41) is 27.3. The van der Waals surface area contributed by atoms with Gasteiger partial charge in [-0.1, -0.05) is 80.9 Å². The molecule has 0 aliphatic heterocycles. The molecule has 0 aliphatic rings. The van der Waals surface area contributed by atoms with Crippen LogP contribution in [-0.4, -0.2) is 64.8 Å². The Hall–Kier alpha value is -4.45. The zero-order chi connectivity index (χ0) is 32.5. The van der Waals surface area contributed by atoms with Crippen molar-refractivity contribution in [3.8, 4) is 0 Å². The minimum absolute atomic E-state index is 0.000528. The third-order valence-corrected chi connectivity index (χ3v) is 7.14. The number of aliphatic carboxylic acids is 1. The predicted molar refractivity (Wildman–Crippen MR) is 161 cm³/mol. The van der Waals surface area contributed by atoms with Crippen LogP contribution in [0.2, 0.25) is 0 Å². The van der Waals surface area contributed by atoms with E-state index in [0.29, 0.717) is 19.3 Å². The number of amides is 3. The Kier molecular flexibility index (Phi) is 15.4. The molecule has 44 heavy (non-hydrogen) atoms. The monoisotopic (exact) mass is 613 g/mol. The molecule has 0 saturated heterocycles. The van der Waals surface area contributed by atoms with Crippen molar-refractivity contribution in [2.24, 2.45) is 11.8 Å². The lowest BCUT2D eigenvalue weighted by Gasteiger charge is -2.23. The molecule has 240 valence electrons. The number of benzene rings is 2. The van der Waals surface area contributed by atoms with Crippen LogP contribution in [0.25, 0.3) is 0 Å². The van der Waals surface area contributed by atoms with E-state index in [9.17, 15) is 34.2 Å². The number of hydrogen-bond donors (Lipinski definition) is 5. The van der Waals surface area contributed by atoms with Crippen LogP contribution in [0.5, 0.6) is 0 Å². The average Bonchev–Trinajstić information content (AvgIpc) is 3.02. The van der Waals surface area contributed by atoms with Crippen LogP contribution in [0.15, 0.2) is 60.7 Å². The summed E-state index contributed by atoms with van der Waals surface area (Å²) in [5.74, 6) is -4.96. The highest BCUT2D eigenvalue weighted by Crippen LogP contribution is 2.20. The van der Waals surface area contributed by atoms with Gasteiger partial charge in [-0.25, -0.2) is 9.59 Å². The highest BCUT2D eigenvalue weighted by atomic mass is 16.5. The van der Waals surface area contributed by atoms with E-state index in [1.54, 1.807) is 50.2 Å². The summed E-state index contributed by atoms with van der Waals surface area (Å²) in [6, 6.07) is 16.0. The number of carboxylic acids is 1. The van der Waals surface area contributed by atoms with Crippen molar-refractivity contribution in [2.45, 2.75) is 77.9 Å². The fourth-order valence-electron chi connectivity index (χ4n) is 4.28. The van der Waals surface area contributed by atoms with Crippen LogP contribution in [-0.2, 0) is 41.9 Å². The molecular weight excluding hydrogens is 570 g/mol. The lowest BCUT2D eigenvalue weighted by molar-refractivity contribution is -0.153. The number of rotatable bonds is 18. The molecule has 12 heteroatoms. The normalized spacial score (nSPS) is 14.2. The number of esters is 1. The second kappa shape index (κ2) is 19.0. The first-order chi connectivity index (χ1) is 21.0. The molecule has 0 bridgehead atoms. The second-order valence-electron chi connectivity index (χ2n) is 10.6. The van der Waals surface area contributed by atoms with E-state index < -0.39 is 59.9 Å². The van der Waals surface area contributed by atoms with Crippen molar-refractivity contribution in [2.75, 3.05) is 6.54 Å². The lowest BCUT2D eigenvalue weighted by atomic mass is 9.86. The minimum Gasteiger partial charge on any atom is -0.481 e. The van der Waals surface area contributed by atoms with Gasteiger partial charge >= 0.3 is 18.0 Å². The van der Waals surface area contributed by atoms with Gasteiger partial charge in [-0.2, -0.15) is 0 Å². The summed E-state index contributed by atoms with van der Waals surface area (Å²) < 4.78 is 10.6. The molecule has 0 heterocycles. The Morgan fingerprint density at radius 2 is 1.36 bits per heavy atom. The summed E-state index contributed by atoms with van der Waals surface area (Å²) in [6.45, 7) is 5.03. The molecule has 0 radical (unpaired) electrons. The zero-order valence-corrected chi connectivity index (χ0v) is 25.4. The first kappa shape index (κ1) is 35.7. The van der Waals surface area contributed by atoms with Gasteiger partial charge in [0.15, 0.2) is 0 Å². The van der Waals surface area contributed by atoms with Crippen LogP contribution in [0.4, 0.5) is 4.79 Å². The van der Waals surface area contributed by atoms with Crippen molar-refractivity contribution in [3.05, 3.63) is 71.8 Å². The molecule has 0 aromatic heterocycles. The van der Waals surface area contributed by atoms with E-state index in [-0.39, 0.29) is 26.2 Å². The van der Waals surface area contributed by atoms with Gasteiger partial charge in [-0.3, -0.25) is 14.4 Å². The summed E-state index contributed by atoms with van der Waals surface area (Å²) in [5.41, 5.74) is 1.55. The molecule has 0 spiro atoms. The molecular formula is C32H43N3O9. The number of carboxylic acid groups (broad SMARTS) is 1. The third kappa shape index (κ3) is 12.4. The van der Waals surface area contributed by atoms with E-state index in [2.05, 4.69) is 16.0 Å². The topological polar surface area (TPSA) is 180 Å². The molecule has 5 atom stereocenters. The number of nitrogens with one attached hydrogen (secondary N) is 3. The summed E-state index contributed by atoms with van der Waals surface area (Å²) in [7, 11) is 0. The number of alkyl carbamates (subject to hydrolysis) is 1. The molecule has 2 aromatic rings. The van der Waals surface area contributed by atoms with Crippen LogP contribution in [0.1, 0.15) is 57.6 Å². The molecule has 2 aromatic carbocycles. The quantitative estimate of drug-likeness (QED) is 0.125. The van der Waals surface area contributed by atoms with Crippen molar-refractivity contribution in [1.82, 2.24) is 16.0 Å². The SMILES string of the molecule is CC[C@H](C)[C@H](C(=O)O)[C@@H](O)C(=O)NCCCC[C@H](NC(=O)[C@H](C)NC(=O)OCc1ccccc1)C(=O)OCc1ccccc1. The zero-order valence-electron chi connectivity index (χ0n) is 25.4. The van der Waals surface area contributed by atoms with Crippen molar-refractivity contribution in [3.63, 3.8) is 0 Å². The van der Waals surface area contributed by atoms with Crippen LogP contribution < -0.4 is 16.0 Å². The third-order valence-electron chi connectivity index (χ3n) is 7.14. The maximum absolute atomic E-state index is 12.9. The van der Waals surface area contributed by atoms with E-state index in [0.717, 1.165) is 11.1 Å². The van der Waals surface area contributed by atoms with Gasteiger partial charge < -0.3 is 35.6 Å². The number of aliphatic hydroxyl groups excluding tert-OH is 1. The first-order valence-electron chi connectivity index (χ1n) is 14.7. The largest absolute Gasteiger partial charge is 0.481 e. The van der Waals surface area contributed by atoms with Gasteiger partial charge in [-0.15, -0.1) is 0 Å². The fraction of sp³-hybridized carbons (Fsp3) is 0.469. The lowest BCUT2D eigenvalue weighted by Crippen LogP contribution is -2.50. The van der Waals surface area contributed by atoms with Crippen molar-refractivity contribution in [1.29, 1.82) is 0 Å². The second-order valence-corrected chi connectivity index (χ2v) is 10.6. The molecule has 0 fully saturated rings. The molecule has 5 N–H and O–H groups in total. The van der Waals surface area contributed by atoms with Gasteiger partial charge in [0.1, 0.15) is 31.4 Å². The van der Waals surface area contributed by atoms with E-state index in [1.165, 1.54) is 6.92 Å². The Morgan fingerprint density at radius 3 is 1.91 bits per heavy atom. The predicted octanol–water partition coefficient (Wildman–Crippen LogP) is 2.92. The van der Waals surface area contributed by atoms with Gasteiger partial charge in [-0.05, 0) is 43.2 Å². The van der Waals surface area contributed by atoms with Crippen molar-refractivity contribution < 1.29 is 43.7 Å². The smallest absolute Gasteiger partial charge is 0.408 e. The highest BCUT2D eigenvalue weighted by Gasteiger charge is 2.35. The Morgan fingerprint density at radius 1 is 0.795 bits per heavy atom. The maximum atomic E-state index is 12.9. The number of carbonyl (C=O) groups excluding carboxylic acids is 4. The van der Waals surface area contributed by atoms with Gasteiger partial charge in [0.05, 0.1) is 5.92 Å². The molecule has 12 nitrogen and oxygen atoms in total. The number of hydrogen-bond acceptors (Lipinski definition) is 8. The van der Waals surface area contributed by atoms with E-state index in [1.807, 2.05) is 24.3 Å². The summed E-state index contributed by atoms with van der Waals surface area (Å²) in [6.07, 6.45) is -1.11. The number of unbranched alkanes of at least 4 members (excludes halogenated alkanes) is 1. The Labute approximate surface area is 257 Å². The molecule has 3 amide bonds. The van der Waals surface area contributed by atoms with Gasteiger partial charge in [0, 0.05) is 6.54 Å². The van der Waals surface area contributed by atoms with Gasteiger partial charge in [0.25, 0.3) is 0 Å². The maximum Gasteiger partial charge on any atom is 0.408 e. The van der Waals surface area contributed by atoms with Crippen LogP contribution in [0, 0.1) is 11.8 Å². The van der Waals surface area contributed by atoms with Crippen molar-refractivity contribution >= 4 is 29.8 Å². The molecule has 2 rings (SSSR count). The Bertz CT molecular complexity index is 1210. The van der Waals surface area contributed by atoms with Crippen LogP contribution in [0.3, 0.4) is 0 Å². The molecule has 0 unspecified atom stereocenters. The molecule has 0 aliphatic carbocycles. The number of carbonyl (C=O) groups is 5. The summed E-state index contributed by atoms with van der Waals surface area (Å²) in [4.78, 5) is 61.9. The fourth-order valence-corrected chi connectivity index (χ4v) is 4.28. The standard InChI is InChI=1S/C32H43N3O9/c1-4-21(2)26(30(39)40)27(36)29(38)33-18-12-11-17-25(31(41)43-19-23-13-7-5-8-14-23)35-28(37)22(3)34-32(42)44-20-24-15-9-6-10-16-24/h5-10,13-16,21-22,25-27,36H,4,11-12,17-20H2,1-3H3,(H,33,38)(H,34,42)(H,35,37)(H,39,40)/t21-,22-,25-,26-,27+/m0/s1. The average molecular weight is 614 g/mol. The number of ether oxygens (including phenoxy) is 2. The number of aliphatic hydroxyl groups is 1.